The first kappa shape index (κ1) is 23.8. The van der Waals surface area contributed by atoms with Gasteiger partial charge in [0.25, 0.3) is 0 Å². The summed E-state index contributed by atoms with van der Waals surface area (Å²) in [6, 6.07) is 0. The predicted molar refractivity (Wildman–Crippen MR) is 85.9 cm³/mol. The number of aliphatic hydroxyl groups excluding tert-OH is 2. The van der Waals surface area contributed by atoms with Crippen molar-refractivity contribution in [2.24, 2.45) is 0 Å². The summed E-state index contributed by atoms with van der Waals surface area (Å²) >= 11 is 10.8. The fourth-order valence-electron chi connectivity index (χ4n) is 1.45. The van der Waals surface area contributed by atoms with Crippen LogP contribution >= 0.6 is 23.2 Å². The minimum absolute atomic E-state index is 0.276. The third kappa shape index (κ3) is 16.0. The molecule has 2 heterocycles. The molecule has 10 nitrogen and oxygen atoms in total. The Morgan fingerprint density at radius 3 is 1.44 bits per heavy atom. The molecule has 0 aliphatic carbocycles. The van der Waals surface area contributed by atoms with Gasteiger partial charge in [-0.25, -0.2) is 9.13 Å². The molecule has 0 radical (unpaired) electrons. The average Bonchev–Trinajstić information content (AvgIpc) is 3.19. The van der Waals surface area contributed by atoms with Gasteiger partial charge in [-0.05, 0) is 0 Å². The molecule has 0 saturated heterocycles. The smallest absolute Gasteiger partial charge is 0.241 e. The summed E-state index contributed by atoms with van der Waals surface area (Å²) in [4.78, 5) is 5.74. The minimum Gasteiger partial charge on any atom is -0.759 e. The van der Waals surface area contributed by atoms with Crippen LogP contribution < -0.4 is 9.13 Å². The molecule has 25 heavy (non-hydrogen) atoms. The first-order valence-electron chi connectivity index (χ1n) is 6.84. The van der Waals surface area contributed by atoms with Gasteiger partial charge in [0.2, 0.25) is 12.7 Å². The highest BCUT2D eigenvalue weighted by Gasteiger charge is 2.06. The number of alkyl halides is 2. The van der Waals surface area contributed by atoms with E-state index in [1.807, 2.05) is 21.5 Å². The Bertz CT molecular complexity index is 588. The lowest BCUT2D eigenvalue weighted by Crippen LogP contribution is -2.38. The average molecular weight is 419 g/mol. The third-order valence-electron chi connectivity index (χ3n) is 2.40. The van der Waals surface area contributed by atoms with Gasteiger partial charge in [0.05, 0.1) is 11.8 Å². The maximum absolute atomic E-state index is 9.06. The van der Waals surface area contributed by atoms with Crippen molar-refractivity contribution in [3.8, 4) is 0 Å². The molecular weight excluding hydrogens is 399 g/mol. The number of aliphatic hydroxyl groups is 2. The maximum Gasteiger partial charge on any atom is 0.241 e. The second-order valence-corrected chi connectivity index (χ2v) is 6.07. The number of aromatic nitrogens is 4. The van der Waals surface area contributed by atoms with E-state index in [9.17, 15) is 0 Å². The molecule has 0 spiro atoms. The Balaban J connectivity index is 0.000000368. The summed E-state index contributed by atoms with van der Waals surface area (Å²) in [5.41, 5.74) is 0. The van der Waals surface area contributed by atoms with Crippen molar-refractivity contribution in [2.75, 3.05) is 11.8 Å². The zero-order valence-electron chi connectivity index (χ0n) is 13.0. The molecule has 2 aromatic rings. The van der Waals surface area contributed by atoms with Crippen LogP contribution in [-0.2, 0) is 23.5 Å². The first-order chi connectivity index (χ1) is 11.7. The van der Waals surface area contributed by atoms with Crippen LogP contribution in [0.15, 0.2) is 37.4 Å². The quantitative estimate of drug-likeness (QED) is 0.192. The number of aromatic amines is 2. The normalized spacial score (nSPS) is 13.0. The van der Waals surface area contributed by atoms with E-state index in [2.05, 4.69) is 9.97 Å². The number of imidazole rings is 2. The molecule has 2 rings (SSSR count). The SMILES string of the molecule is O=S(=O)([O-])[O-].OC(CCl)C[n+]1cc[nH]c1.OC(CCl)C[n+]1cc[nH]c1. The standard InChI is InChI=1S/2C6H9ClN2O.H2O4S/c2*7-3-6(10)4-9-2-1-8-5-9;1-5(2,3)4/h2*1-2,5-6,10H,3-4H2;(H2,1,2,3,4). The Morgan fingerprint density at radius 1 is 0.920 bits per heavy atom. The van der Waals surface area contributed by atoms with Crippen LogP contribution in [0.5, 0.6) is 0 Å². The van der Waals surface area contributed by atoms with Gasteiger partial charge >= 0.3 is 0 Å². The molecule has 144 valence electrons. The van der Waals surface area contributed by atoms with Crippen LogP contribution in [0.2, 0.25) is 0 Å². The second-order valence-electron chi connectivity index (χ2n) is 4.64. The van der Waals surface area contributed by atoms with Crippen molar-refractivity contribution in [2.45, 2.75) is 25.3 Å². The largest absolute Gasteiger partial charge is 0.759 e. The molecule has 2 unspecified atom stereocenters. The molecule has 0 fully saturated rings. The molecule has 2 aromatic heterocycles. The number of rotatable bonds is 6. The molecular formula is C12H20Cl2N4O6S. The fraction of sp³-hybridized carbons (Fsp3) is 0.500. The Kier molecular flexibility index (Phi) is 12.4. The van der Waals surface area contributed by atoms with Gasteiger partial charge in [-0.2, -0.15) is 0 Å². The molecule has 0 aliphatic heterocycles. The van der Waals surface area contributed by atoms with Crippen molar-refractivity contribution in [3.63, 3.8) is 0 Å². The number of hydrogen-bond acceptors (Lipinski definition) is 6. The van der Waals surface area contributed by atoms with Gasteiger partial charge in [-0.1, -0.05) is 0 Å². The Morgan fingerprint density at radius 2 is 1.24 bits per heavy atom. The van der Waals surface area contributed by atoms with Crippen molar-refractivity contribution in [3.05, 3.63) is 37.4 Å². The summed E-state index contributed by atoms with van der Waals surface area (Å²) in [6.45, 7) is 1.10. The summed E-state index contributed by atoms with van der Waals surface area (Å²) < 4.78 is 37.8. The summed E-state index contributed by atoms with van der Waals surface area (Å²) in [5, 5.41) is 18.1. The summed E-state index contributed by atoms with van der Waals surface area (Å²) in [6.07, 6.45) is 9.91. The summed E-state index contributed by atoms with van der Waals surface area (Å²) in [5.74, 6) is 0.552. The lowest BCUT2D eigenvalue weighted by Gasteiger charge is -2.06. The van der Waals surface area contributed by atoms with Crippen LogP contribution in [0, 0.1) is 0 Å². The van der Waals surface area contributed by atoms with Gasteiger partial charge < -0.3 is 19.3 Å². The predicted octanol–water partition coefficient (Wildman–Crippen LogP) is -1.53. The molecule has 0 saturated carbocycles. The maximum atomic E-state index is 9.06. The van der Waals surface area contributed by atoms with Crippen molar-refractivity contribution >= 4 is 33.6 Å². The lowest BCUT2D eigenvalue weighted by atomic mass is 10.4. The van der Waals surface area contributed by atoms with E-state index in [4.69, 9.17) is 50.9 Å². The Labute approximate surface area is 155 Å². The highest BCUT2D eigenvalue weighted by atomic mass is 35.5. The second kappa shape index (κ2) is 13.1. The molecule has 0 bridgehead atoms. The lowest BCUT2D eigenvalue weighted by molar-refractivity contribution is -0.701. The number of H-pyrrole nitrogens is 2. The molecule has 4 N–H and O–H groups in total. The van der Waals surface area contributed by atoms with Crippen molar-refractivity contribution in [1.29, 1.82) is 0 Å². The number of hydrogen-bond donors (Lipinski definition) is 4. The molecule has 13 heteroatoms. The summed E-state index contributed by atoms with van der Waals surface area (Å²) in [7, 11) is -5.17. The van der Waals surface area contributed by atoms with E-state index in [1.54, 1.807) is 25.0 Å². The van der Waals surface area contributed by atoms with Gasteiger partial charge in [-0.15, -0.1) is 23.2 Å². The van der Waals surface area contributed by atoms with E-state index in [0.29, 0.717) is 13.1 Å². The van der Waals surface area contributed by atoms with Crippen LogP contribution in [0.1, 0.15) is 0 Å². The van der Waals surface area contributed by atoms with Crippen molar-refractivity contribution in [1.82, 2.24) is 9.97 Å². The van der Waals surface area contributed by atoms with Gasteiger partial charge in [-0.3, -0.25) is 18.4 Å². The zero-order valence-corrected chi connectivity index (χ0v) is 15.4. The third-order valence-corrected chi connectivity index (χ3v) is 3.12. The van der Waals surface area contributed by atoms with Crippen LogP contribution in [0.4, 0.5) is 0 Å². The van der Waals surface area contributed by atoms with E-state index < -0.39 is 22.6 Å². The highest BCUT2D eigenvalue weighted by molar-refractivity contribution is 7.79. The number of nitrogens with one attached hydrogen (secondary N) is 2. The Hall–Kier alpha value is -1.21. The number of halogens is 2. The van der Waals surface area contributed by atoms with E-state index in [1.165, 1.54) is 0 Å². The zero-order chi connectivity index (χ0) is 19.3. The van der Waals surface area contributed by atoms with Crippen LogP contribution in [0.25, 0.3) is 0 Å². The van der Waals surface area contributed by atoms with Crippen molar-refractivity contribution < 1.29 is 36.9 Å². The minimum atomic E-state index is -5.17. The molecule has 0 aliphatic rings. The van der Waals surface area contributed by atoms with Crippen LogP contribution in [-0.4, -0.2) is 61.7 Å². The van der Waals surface area contributed by atoms with E-state index in [0.717, 1.165) is 0 Å². The number of nitrogens with zero attached hydrogens (tertiary/aromatic N) is 2. The van der Waals surface area contributed by atoms with Gasteiger partial charge in [0, 0.05) is 10.4 Å². The topological polar surface area (TPSA) is 160 Å². The van der Waals surface area contributed by atoms with Crippen LogP contribution in [0.3, 0.4) is 0 Å². The van der Waals surface area contributed by atoms with Gasteiger partial charge in [0.1, 0.15) is 50.1 Å². The van der Waals surface area contributed by atoms with E-state index in [-0.39, 0.29) is 11.8 Å². The fourth-order valence-corrected chi connectivity index (χ4v) is 1.65. The first-order valence-corrected chi connectivity index (χ1v) is 9.24. The molecule has 0 aromatic carbocycles. The highest BCUT2D eigenvalue weighted by Crippen LogP contribution is 1.87. The molecule has 2 atom stereocenters. The monoisotopic (exact) mass is 418 g/mol. The van der Waals surface area contributed by atoms with E-state index >= 15 is 0 Å². The van der Waals surface area contributed by atoms with Gasteiger partial charge in [0.15, 0.2) is 0 Å². The molecule has 0 amide bonds.